The van der Waals surface area contributed by atoms with Gasteiger partial charge in [-0.25, -0.2) is 4.79 Å². The molecule has 2 heterocycles. The van der Waals surface area contributed by atoms with Crippen molar-refractivity contribution in [3.8, 4) is 0 Å². The van der Waals surface area contributed by atoms with Crippen LogP contribution in [0.15, 0.2) is 36.4 Å². The molecule has 1 aromatic carbocycles. The van der Waals surface area contributed by atoms with E-state index in [1.54, 1.807) is 13.8 Å². The summed E-state index contributed by atoms with van der Waals surface area (Å²) in [6, 6.07) is 9.28. The van der Waals surface area contributed by atoms with E-state index in [1.165, 1.54) is 11.5 Å². The van der Waals surface area contributed by atoms with Crippen LogP contribution >= 0.6 is 11.5 Å². The van der Waals surface area contributed by atoms with Crippen molar-refractivity contribution in [1.29, 1.82) is 0 Å². The molecule has 2 aromatic rings. The number of nitrogens with zero attached hydrogens (tertiary/aromatic N) is 1. The monoisotopic (exact) mass is 486 g/mol. The Bertz CT molecular complexity index is 1010. The standard InChI is InChI=1S/C24H30N4O5S/c1-15(2)20(27-24(32)33-14-16-7-4-3-5-8-16)22(30)26-19-10-6-9-17-13-18(34-28-17)11-12-25-23(31)21(19)29/h3-5,7-8,13,15,19-20H,6,9-12,14H2,1-2H3,(H,25,31)(H,26,30)(H,27,32). The van der Waals surface area contributed by atoms with E-state index in [0.717, 1.165) is 16.1 Å². The van der Waals surface area contributed by atoms with Crippen molar-refractivity contribution in [3.63, 3.8) is 0 Å². The summed E-state index contributed by atoms with van der Waals surface area (Å²) in [6.45, 7) is 3.93. The number of fused-ring (bicyclic) bond motifs is 2. The van der Waals surface area contributed by atoms with E-state index in [2.05, 4.69) is 20.3 Å². The second kappa shape index (κ2) is 12.3. The van der Waals surface area contributed by atoms with Crippen LogP contribution in [0.25, 0.3) is 0 Å². The molecule has 0 saturated carbocycles. The minimum atomic E-state index is -0.992. The number of aryl methyl sites for hydroxylation is 1. The van der Waals surface area contributed by atoms with Crippen molar-refractivity contribution in [1.82, 2.24) is 20.3 Å². The van der Waals surface area contributed by atoms with Gasteiger partial charge >= 0.3 is 6.09 Å². The number of rotatable bonds is 6. The summed E-state index contributed by atoms with van der Waals surface area (Å²) in [7, 11) is 0. The number of carbonyl (C=O) groups is 4. The summed E-state index contributed by atoms with van der Waals surface area (Å²) in [5.74, 6) is -2.24. The number of alkyl carbamates (subject to hydrolysis) is 1. The number of aromatic nitrogens is 1. The molecule has 0 aliphatic carbocycles. The third kappa shape index (κ3) is 7.38. The highest BCUT2D eigenvalue weighted by Crippen LogP contribution is 2.15. The molecule has 0 saturated heterocycles. The van der Waals surface area contributed by atoms with E-state index in [9.17, 15) is 19.2 Å². The number of benzene rings is 1. The van der Waals surface area contributed by atoms with Crippen LogP contribution in [0.3, 0.4) is 0 Å². The molecule has 2 bridgehead atoms. The van der Waals surface area contributed by atoms with Gasteiger partial charge < -0.3 is 20.7 Å². The van der Waals surface area contributed by atoms with Gasteiger partial charge in [0.05, 0.1) is 11.7 Å². The van der Waals surface area contributed by atoms with E-state index >= 15 is 0 Å². The maximum absolute atomic E-state index is 13.0. The molecule has 1 aromatic heterocycles. The number of ether oxygens (including phenoxy) is 1. The molecule has 2 atom stereocenters. The number of hydrogen-bond donors (Lipinski definition) is 3. The van der Waals surface area contributed by atoms with Crippen molar-refractivity contribution in [2.75, 3.05) is 6.54 Å². The van der Waals surface area contributed by atoms with Gasteiger partial charge in [0.1, 0.15) is 12.6 Å². The highest BCUT2D eigenvalue weighted by atomic mass is 32.1. The topological polar surface area (TPSA) is 126 Å². The van der Waals surface area contributed by atoms with E-state index in [1.807, 2.05) is 36.4 Å². The van der Waals surface area contributed by atoms with Crippen LogP contribution in [0.1, 0.15) is 42.8 Å². The fourth-order valence-electron chi connectivity index (χ4n) is 3.58. The summed E-state index contributed by atoms with van der Waals surface area (Å²) in [5.41, 5.74) is 1.76. The Morgan fingerprint density at radius 2 is 1.97 bits per heavy atom. The molecular formula is C24H30N4O5S. The lowest BCUT2D eigenvalue weighted by atomic mass is 10.00. The lowest BCUT2D eigenvalue weighted by Crippen LogP contribution is -2.55. The largest absolute Gasteiger partial charge is 0.445 e. The van der Waals surface area contributed by atoms with Crippen molar-refractivity contribution in [3.05, 3.63) is 52.5 Å². The molecular weight excluding hydrogens is 456 g/mol. The van der Waals surface area contributed by atoms with E-state index in [-0.39, 0.29) is 18.9 Å². The summed E-state index contributed by atoms with van der Waals surface area (Å²) in [5, 5.41) is 7.87. The maximum atomic E-state index is 13.0. The smallest absolute Gasteiger partial charge is 0.408 e. The first-order valence-electron chi connectivity index (χ1n) is 11.4. The van der Waals surface area contributed by atoms with Crippen LogP contribution in [-0.4, -0.2) is 46.7 Å². The third-order valence-electron chi connectivity index (χ3n) is 5.48. The van der Waals surface area contributed by atoms with Crippen LogP contribution in [0, 0.1) is 5.92 Å². The number of hydrogen-bond acceptors (Lipinski definition) is 7. The first-order chi connectivity index (χ1) is 16.3. The summed E-state index contributed by atoms with van der Waals surface area (Å²) >= 11 is 1.39. The Balaban J connectivity index is 1.62. The zero-order valence-electron chi connectivity index (χ0n) is 19.3. The first kappa shape index (κ1) is 25.4. The quantitative estimate of drug-likeness (QED) is 0.537. The summed E-state index contributed by atoms with van der Waals surface area (Å²) < 4.78 is 9.63. The van der Waals surface area contributed by atoms with Crippen LogP contribution in [0.5, 0.6) is 0 Å². The predicted octanol–water partition coefficient (Wildman–Crippen LogP) is 2.14. The van der Waals surface area contributed by atoms with Crippen LogP contribution in [-0.2, 0) is 38.6 Å². The van der Waals surface area contributed by atoms with Gasteiger partial charge in [0.25, 0.3) is 5.91 Å². The minimum absolute atomic E-state index is 0.0682. The average molecular weight is 487 g/mol. The summed E-state index contributed by atoms with van der Waals surface area (Å²) in [4.78, 5) is 51.5. The number of ketones is 1. The maximum Gasteiger partial charge on any atom is 0.408 e. The zero-order valence-corrected chi connectivity index (χ0v) is 20.2. The molecule has 0 radical (unpaired) electrons. The molecule has 0 fully saturated rings. The lowest BCUT2D eigenvalue weighted by molar-refractivity contribution is -0.140. The van der Waals surface area contributed by atoms with Gasteiger partial charge in [0.2, 0.25) is 11.7 Å². The second-order valence-electron chi connectivity index (χ2n) is 8.54. The minimum Gasteiger partial charge on any atom is -0.445 e. The Labute approximate surface area is 202 Å². The highest BCUT2D eigenvalue weighted by molar-refractivity contribution is 7.05. The number of amides is 3. The molecule has 3 amide bonds. The Morgan fingerprint density at radius 1 is 1.21 bits per heavy atom. The average Bonchev–Trinajstić information content (AvgIpc) is 3.27. The lowest BCUT2D eigenvalue weighted by Gasteiger charge is -2.24. The molecule has 0 spiro atoms. The highest BCUT2D eigenvalue weighted by Gasteiger charge is 2.31. The molecule has 3 N–H and O–H groups in total. The van der Waals surface area contributed by atoms with E-state index in [0.29, 0.717) is 25.8 Å². The molecule has 1 aliphatic heterocycles. The normalized spacial score (nSPS) is 17.7. The van der Waals surface area contributed by atoms with Gasteiger partial charge in [-0.2, -0.15) is 4.37 Å². The van der Waals surface area contributed by atoms with Crippen LogP contribution < -0.4 is 16.0 Å². The number of nitrogens with one attached hydrogen (secondary N) is 3. The van der Waals surface area contributed by atoms with Gasteiger partial charge in [-0.1, -0.05) is 44.2 Å². The van der Waals surface area contributed by atoms with E-state index in [4.69, 9.17) is 4.74 Å². The fraction of sp³-hybridized carbons (Fsp3) is 0.458. The van der Waals surface area contributed by atoms with E-state index < -0.39 is 35.8 Å². The van der Waals surface area contributed by atoms with Crippen molar-refractivity contribution in [2.45, 2.75) is 58.2 Å². The molecule has 34 heavy (non-hydrogen) atoms. The molecule has 9 nitrogen and oxygen atoms in total. The molecule has 1 aliphatic rings. The number of Topliss-reactive ketones (excluding diaryl/α,β-unsaturated/α-hetero) is 1. The van der Waals surface area contributed by atoms with Crippen LogP contribution in [0.4, 0.5) is 4.79 Å². The molecule has 10 heteroatoms. The summed E-state index contributed by atoms with van der Waals surface area (Å²) in [6.07, 6.45) is 1.37. The van der Waals surface area contributed by atoms with Gasteiger partial charge in [-0.15, -0.1) is 0 Å². The van der Waals surface area contributed by atoms with Gasteiger partial charge in [0, 0.05) is 17.8 Å². The Morgan fingerprint density at radius 3 is 2.71 bits per heavy atom. The van der Waals surface area contributed by atoms with Crippen molar-refractivity contribution >= 4 is 35.2 Å². The van der Waals surface area contributed by atoms with Gasteiger partial charge in [-0.05, 0) is 48.3 Å². The second-order valence-corrected chi connectivity index (χ2v) is 9.43. The predicted molar refractivity (Wildman–Crippen MR) is 127 cm³/mol. The van der Waals surface area contributed by atoms with Crippen molar-refractivity contribution < 1.29 is 23.9 Å². The van der Waals surface area contributed by atoms with Gasteiger partial charge in [0.15, 0.2) is 0 Å². The Kier molecular flexibility index (Phi) is 9.15. The SMILES string of the molecule is CC(C)C(NC(=O)OCc1ccccc1)C(=O)NC1CCCc2cc(sn2)CCNC(=O)C1=O. The molecule has 2 unspecified atom stereocenters. The van der Waals surface area contributed by atoms with Gasteiger partial charge in [-0.3, -0.25) is 14.4 Å². The number of carbonyl (C=O) groups excluding carboxylic acids is 4. The van der Waals surface area contributed by atoms with Crippen molar-refractivity contribution in [2.24, 2.45) is 5.92 Å². The molecule has 3 rings (SSSR count). The van der Waals surface area contributed by atoms with Crippen LogP contribution in [0.2, 0.25) is 0 Å². The zero-order chi connectivity index (χ0) is 24.5. The Hall–Kier alpha value is -3.27. The first-order valence-corrected chi connectivity index (χ1v) is 12.1. The molecule has 182 valence electrons. The third-order valence-corrected chi connectivity index (χ3v) is 6.36. The fourth-order valence-corrected chi connectivity index (χ4v) is 4.34.